The van der Waals surface area contributed by atoms with Crippen LogP contribution in [-0.4, -0.2) is 0 Å². The fourth-order valence-electron chi connectivity index (χ4n) is 2.79. The summed E-state index contributed by atoms with van der Waals surface area (Å²) in [5.74, 6) is 0. The number of rotatable bonds is 5. The smallest absolute Gasteiger partial charge is 0.00991 e. The van der Waals surface area contributed by atoms with Gasteiger partial charge in [0.05, 0.1) is 0 Å². The molecule has 2 aromatic carbocycles. The van der Waals surface area contributed by atoms with Crippen molar-refractivity contribution in [3.8, 4) is 0 Å². The number of hydrogen-bond donors (Lipinski definition) is 0. The maximum absolute atomic E-state index is 4.02. The molecular formula is C22H22. The lowest BCUT2D eigenvalue weighted by atomic mass is 9.88. The molecule has 0 fully saturated rings. The second kappa shape index (κ2) is 7.42. The summed E-state index contributed by atoms with van der Waals surface area (Å²) in [7, 11) is 0. The third-order valence-electron chi connectivity index (χ3n) is 3.65. The topological polar surface area (TPSA) is 0 Å². The van der Waals surface area contributed by atoms with Crippen molar-refractivity contribution in [1.82, 2.24) is 0 Å². The highest BCUT2D eigenvalue weighted by atomic mass is 14.2. The molecule has 0 heteroatoms. The summed E-state index contributed by atoms with van der Waals surface area (Å²) in [5.41, 5.74) is 4.80. The van der Waals surface area contributed by atoms with E-state index in [0.717, 1.165) is 5.56 Å². The van der Waals surface area contributed by atoms with Crippen LogP contribution in [0.1, 0.15) is 36.1 Å². The van der Waals surface area contributed by atoms with Gasteiger partial charge in [0.1, 0.15) is 0 Å². The molecule has 0 saturated heterocycles. The fourth-order valence-corrected chi connectivity index (χ4v) is 2.79. The molecule has 0 N–H and O–H groups in total. The molecule has 0 aliphatic heterocycles. The molecule has 22 heavy (non-hydrogen) atoms. The first-order chi connectivity index (χ1) is 10.8. The maximum Gasteiger partial charge on any atom is -0.00991 e. The SMILES string of the molecule is C=C/C=C\c1c(/C=C\C)c(/C=C\C)c2ccccc2c1C=C. The van der Waals surface area contributed by atoms with Crippen molar-refractivity contribution in [3.05, 3.63) is 84.0 Å². The van der Waals surface area contributed by atoms with E-state index in [1.54, 1.807) is 6.08 Å². The largest absolute Gasteiger partial charge is 0.0991 e. The molecule has 0 bridgehead atoms. The van der Waals surface area contributed by atoms with E-state index in [1.165, 1.54) is 27.5 Å². The summed E-state index contributed by atoms with van der Waals surface area (Å²) in [6.45, 7) is 11.9. The Labute approximate surface area is 133 Å². The van der Waals surface area contributed by atoms with Crippen LogP contribution < -0.4 is 0 Å². The van der Waals surface area contributed by atoms with Gasteiger partial charge in [0, 0.05) is 0 Å². The monoisotopic (exact) mass is 286 g/mol. The van der Waals surface area contributed by atoms with E-state index in [2.05, 4.69) is 74.7 Å². The van der Waals surface area contributed by atoms with Crippen LogP contribution in [0.25, 0.3) is 35.1 Å². The van der Waals surface area contributed by atoms with Gasteiger partial charge in [0.2, 0.25) is 0 Å². The Bertz CT molecular complexity index is 783. The summed E-state index contributed by atoms with van der Waals surface area (Å²) in [6, 6.07) is 8.49. The molecule has 2 rings (SSSR count). The van der Waals surface area contributed by atoms with Gasteiger partial charge in [-0.1, -0.05) is 86.0 Å². The van der Waals surface area contributed by atoms with Crippen molar-refractivity contribution in [2.24, 2.45) is 0 Å². The Hall–Kier alpha value is -2.60. The van der Waals surface area contributed by atoms with Gasteiger partial charge in [-0.3, -0.25) is 0 Å². The third-order valence-corrected chi connectivity index (χ3v) is 3.65. The second-order valence-corrected chi connectivity index (χ2v) is 5.00. The van der Waals surface area contributed by atoms with E-state index < -0.39 is 0 Å². The van der Waals surface area contributed by atoms with Crippen LogP contribution in [-0.2, 0) is 0 Å². The minimum atomic E-state index is 1.16. The molecule has 2 aromatic rings. The first-order valence-corrected chi connectivity index (χ1v) is 7.54. The molecule has 0 spiro atoms. The van der Waals surface area contributed by atoms with Gasteiger partial charge >= 0.3 is 0 Å². The Kier molecular flexibility index (Phi) is 5.32. The van der Waals surface area contributed by atoms with Crippen LogP contribution in [0.2, 0.25) is 0 Å². The minimum absolute atomic E-state index is 1.16. The summed E-state index contributed by atoms with van der Waals surface area (Å²) < 4.78 is 0. The molecule has 0 radical (unpaired) electrons. The molecule has 0 nitrogen and oxygen atoms in total. The predicted molar refractivity (Wildman–Crippen MR) is 103 cm³/mol. The van der Waals surface area contributed by atoms with E-state index in [1.807, 2.05) is 19.1 Å². The van der Waals surface area contributed by atoms with Crippen molar-refractivity contribution in [2.75, 3.05) is 0 Å². The number of benzene rings is 2. The zero-order valence-corrected chi connectivity index (χ0v) is 13.3. The van der Waals surface area contributed by atoms with Gasteiger partial charge in [0.15, 0.2) is 0 Å². The number of hydrogen-bond acceptors (Lipinski definition) is 0. The summed E-state index contributed by atoms with van der Waals surface area (Å²) in [6.07, 6.45) is 16.3. The number of allylic oxidation sites excluding steroid dienone is 4. The zero-order valence-electron chi connectivity index (χ0n) is 13.3. The van der Waals surface area contributed by atoms with Crippen LogP contribution in [0.15, 0.2) is 61.7 Å². The summed E-state index contributed by atoms with van der Waals surface area (Å²) in [4.78, 5) is 0. The standard InChI is InChI=1S/C22H22/c1-5-9-14-20-17(8-4)21-15-10-11-16-22(21)19(13-7-3)18(20)12-6-2/h5-16H,1,4H2,2-3H3/b12-6-,13-7-,14-9-. The first-order valence-electron chi connectivity index (χ1n) is 7.54. The summed E-state index contributed by atoms with van der Waals surface area (Å²) in [5, 5.41) is 2.47. The van der Waals surface area contributed by atoms with Crippen LogP contribution in [0.4, 0.5) is 0 Å². The molecule has 0 saturated carbocycles. The summed E-state index contributed by atoms with van der Waals surface area (Å²) >= 11 is 0. The fraction of sp³-hybridized carbons (Fsp3) is 0.0909. The lowest BCUT2D eigenvalue weighted by molar-refractivity contribution is 1.58. The molecule has 0 aliphatic rings. The van der Waals surface area contributed by atoms with E-state index in [9.17, 15) is 0 Å². The van der Waals surface area contributed by atoms with Gasteiger partial charge in [-0.2, -0.15) is 0 Å². The lowest BCUT2D eigenvalue weighted by Gasteiger charge is -2.16. The van der Waals surface area contributed by atoms with Crippen molar-refractivity contribution in [3.63, 3.8) is 0 Å². The maximum atomic E-state index is 4.02. The normalized spacial score (nSPS) is 11.9. The van der Waals surface area contributed by atoms with Crippen molar-refractivity contribution in [1.29, 1.82) is 0 Å². The van der Waals surface area contributed by atoms with E-state index in [-0.39, 0.29) is 0 Å². The first kappa shape index (κ1) is 15.8. The van der Waals surface area contributed by atoms with Gasteiger partial charge in [-0.15, -0.1) is 0 Å². The Morgan fingerprint density at radius 3 is 1.82 bits per heavy atom. The number of fused-ring (bicyclic) bond motifs is 1. The molecule has 0 atom stereocenters. The molecule has 110 valence electrons. The molecule has 0 aliphatic carbocycles. The van der Waals surface area contributed by atoms with Gasteiger partial charge in [0.25, 0.3) is 0 Å². The van der Waals surface area contributed by atoms with Gasteiger partial charge in [-0.25, -0.2) is 0 Å². The van der Waals surface area contributed by atoms with Crippen molar-refractivity contribution >= 4 is 35.1 Å². The molecule has 0 heterocycles. The highest BCUT2D eigenvalue weighted by Gasteiger charge is 2.12. The Morgan fingerprint density at radius 1 is 0.727 bits per heavy atom. The van der Waals surface area contributed by atoms with E-state index >= 15 is 0 Å². The lowest BCUT2D eigenvalue weighted by Crippen LogP contribution is -1.94. The van der Waals surface area contributed by atoms with Gasteiger partial charge in [-0.05, 0) is 46.9 Å². The highest BCUT2D eigenvalue weighted by molar-refractivity contribution is 6.03. The van der Waals surface area contributed by atoms with Crippen LogP contribution in [0, 0.1) is 0 Å². The molecule has 0 aromatic heterocycles. The van der Waals surface area contributed by atoms with Crippen LogP contribution >= 0.6 is 0 Å². The molecule has 0 amide bonds. The third kappa shape index (κ3) is 2.87. The average Bonchev–Trinajstić information content (AvgIpc) is 2.55. The van der Waals surface area contributed by atoms with Crippen LogP contribution in [0.5, 0.6) is 0 Å². The second-order valence-electron chi connectivity index (χ2n) is 5.00. The quantitative estimate of drug-likeness (QED) is 0.533. The zero-order chi connectivity index (χ0) is 15.9. The highest BCUT2D eigenvalue weighted by Crippen LogP contribution is 2.34. The predicted octanol–water partition coefficient (Wildman–Crippen LogP) is 6.75. The van der Waals surface area contributed by atoms with Gasteiger partial charge < -0.3 is 0 Å². The van der Waals surface area contributed by atoms with E-state index in [4.69, 9.17) is 0 Å². The van der Waals surface area contributed by atoms with Crippen molar-refractivity contribution < 1.29 is 0 Å². The Balaban J connectivity index is 3.05. The molecule has 0 unspecified atom stereocenters. The minimum Gasteiger partial charge on any atom is -0.0991 e. The Morgan fingerprint density at radius 2 is 1.27 bits per heavy atom. The average molecular weight is 286 g/mol. The van der Waals surface area contributed by atoms with E-state index in [0.29, 0.717) is 0 Å². The molecular weight excluding hydrogens is 264 g/mol. The van der Waals surface area contributed by atoms with Crippen LogP contribution in [0.3, 0.4) is 0 Å². The van der Waals surface area contributed by atoms with Crippen molar-refractivity contribution in [2.45, 2.75) is 13.8 Å².